The molecule has 0 aliphatic heterocycles. The molecule has 0 saturated heterocycles. The lowest BCUT2D eigenvalue weighted by atomic mass is 10.0. The van der Waals surface area contributed by atoms with Crippen LogP contribution in [0.3, 0.4) is 0 Å². The standard InChI is InChI=1S/C22H26N2O6/c25-19(22(29)30)14-23-20(26)18(13-16-9-5-2-6-10-16)24-17(21(27)28)12-11-15-7-3-1-4-8-15/h1-10,17-19,24-25H,11-14H2,(H,23,26)(H,27,28)(H,29,30)/t17-,18-,19?/m0/s1. The average Bonchev–Trinajstić information content (AvgIpc) is 2.74. The Labute approximate surface area is 174 Å². The Morgan fingerprint density at radius 3 is 1.90 bits per heavy atom. The molecule has 2 aromatic carbocycles. The lowest BCUT2D eigenvalue weighted by molar-refractivity contribution is -0.146. The molecule has 3 atom stereocenters. The van der Waals surface area contributed by atoms with Crippen molar-refractivity contribution in [2.24, 2.45) is 0 Å². The fourth-order valence-corrected chi connectivity index (χ4v) is 2.96. The molecule has 0 saturated carbocycles. The van der Waals surface area contributed by atoms with E-state index >= 15 is 0 Å². The van der Waals surface area contributed by atoms with Crippen LogP contribution in [0, 0.1) is 0 Å². The number of nitrogens with one attached hydrogen (secondary N) is 2. The zero-order valence-corrected chi connectivity index (χ0v) is 16.4. The molecule has 0 heterocycles. The van der Waals surface area contributed by atoms with Crippen molar-refractivity contribution in [3.8, 4) is 0 Å². The summed E-state index contributed by atoms with van der Waals surface area (Å²) >= 11 is 0. The number of aliphatic hydroxyl groups excluding tert-OH is 1. The van der Waals surface area contributed by atoms with Crippen molar-refractivity contribution in [2.75, 3.05) is 6.54 Å². The molecule has 8 heteroatoms. The van der Waals surface area contributed by atoms with Crippen LogP contribution in [0.1, 0.15) is 17.5 Å². The van der Waals surface area contributed by atoms with Gasteiger partial charge in [0.05, 0.1) is 12.6 Å². The summed E-state index contributed by atoms with van der Waals surface area (Å²) in [6, 6.07) is 16.6. The van der Waals surface area contributed by atoms with Gasteiger partial charge >= 0.3 is 11.9 Å². The molecule has 1 unspecified atom stereocenters. The van der Waals surface area contributed by atoms with Gasteiger partial charge < -0.3 is 20.6 Å². The van der Waals surface area contributed by atoms with E-state index in [2.05, 4.69) is 10.6 Å². The number of amides is 1. The second kappa shape index (κ2) is 11.7. The quantitative estimate of drug-likeness (QED) is 0.347. The lowest BCUT2D eigenvalue weighted by Crippen LogP contribution is -2.53. The number of benzene rings is 2. The number of hydrogen-bond donors (Lipinski definition) is 5. The first kappa shape index (κ1) is 23.1. The lowest BCUT2D eigenvalue weighted by Gasteiger charge is -2.23. The zero-order chi connectivity index (χ0) is 21.9. The summed E-state index contributed by atoms with van der Waals surface area (Å²) in [5.74, 6) is -3.11. The van der Waals surface area contributed by atoms with E-state index in [4.69, 9.17) is 5.11 Å². The van der Waals surface area contributed by atoms with Crippen LogP contribution < -0.4 is 10.6 Å². The van der Waals surface area contributed by atoms with Gasteiger partial charge in [-0.25, -0.2) is 4.79 Å². The summed E-state index contributed by atoms with van der Waals surface area (Å²) < 4.78 is 0. The van der Waals surface area contributed by atoms with E-state index in [9.17, 15) is 24.6 Å². The number of rotatable bonds is 12. The van der Waals surface area contributed by atoms with Crippen molar-refractivity contribution >= 4 is 17.8 Å². The molecule has 2 aromatic rings. The number of aliphatic carboxylic acids is 2. The molecule has 0 fully saturated rings. The van der Waals surface area contributed by atoms with Crippen LogP contribution >= 0.6 is 0 Å². The SMILES string of the molecule is O=C(O)C(O)CNC(=O)[C@H](Cc1ccccc1)N[C@@H](CCc1ccccc1)C(=O)O. The van der Waals surface area contributed by atoms with E-state index in [0.717, 1.165) is 11.1 Å². The Morgan fingerprint density at radius 2 is 1.37 bits per heavy atom. The summed E-state index contributed by atoms with van der Waals surface area (Å²) in [6.45, 7) is -0.469. The monoisotopic (exact) mass is 414 g/mol. The average molecular weight is 414 g/mol. The zero-order valence-electron chi connectivity index (χ0n) is 16.4. The second-order valence-corrected chi connectivity index (χ2v) is 6.92. The first-order chi connectivity index (χ1) is 14.4. The van der Waals surface area contributed by atoms with E-state index < -0.39 is 42.6 Å². The molecule has 0 aromatic heterocycles. The molecule has 160 valence electrons. The number of carboxylic acid groups (broad SMARTS) is 2. The molecule has 30 heavy (non-hydrogen) atoms. The molecular formula is C22H26N2O6. The Bertz CT molecular complexity index is 828. The van der Waals surface area contributed by atoms with Gasteiger partial charge in [-0.3, -0.25) is 14.9 Å². The first-order valence-electron chi connectivity index (χ1n) is 9.62. The van der Waals surface area contributed by atoms with E-state index in [1.165, 1.54) is 0 Å². The van der Waals surface area contributed by atoms with Crippen LogP contribution in [0.15, 0.2) is 60.7 Å². The largest absolute Gasteiger partial charge is 0.480 e. The van der Waals surface area contributed by atoms with Gasteiger partial charge in [-0.1, -0.05) is 60.7 Å². The summed E-state index contributed by atoms with van der Waals surface area (Å²) in [5.41, 5.74) is 1.80. The van der Waals surface area contributed by atoms with Crippen molar-refractivity contribution in [1.29, 1.82) is 0 Å². The number of aliphatic hydroxyl groups is 1. The number of carbonyl (C=O) groups is 3. The second-order valence-electron chi connectivity index (χ2n) is 6.92. The normalized spacial score (nSPS) is 13.8. The molecule has 2 rings (SSSR count). The third-order valence-electron chi connectivity index (χ3n) is 4.62. The van der Waals surface area contributed by atoms with Gasteiger partial charge in [-0.15, -0.1) is 0 Å². The summed E-state index contributed by atoms with van der Waals surface area (Å²) in [4.78, 5) is 35.2. The van der Waals surface area contributed by atoms with Crippen molar-refractivity contribution in [3.63, 3.8) is 0 Å². The summed E-state index contributed by atoms with van der Waals surface area (Å²) in [7, 11) is 0. The number of carbonyl (C=O) groups excluding carboxylic acids is 1. The minimum Gasteiger partial charge on any atom is -0.480 e. The fraction of sp³-hybridized carbons (Fsp3) is 0.318. The Morgan fingerprint density at radius 1 is 0.800 bits per heavy atom. The Hall–Kier alpha value is -3.23. The van der Waals surface area contributed by atoms with Crippen molar-refractivity contribution in [1.82, 2.24) is 10.6 Å². The van der Waals surface area contributed by atoms with Crippen molar-refractivity contribution in [2.45, 2.75) is 37.5 Å². The maximum absolute atomic E-state index is 12.6. The molecule has 0 radical (unpaired) electrons. The Balaban J connectivity index is 2.08. The van der Waals surface area contributed by atoms with Crippen LogP contribution in [0.4, 0.5) is 0 Å². The van der Waals surface area contributed by atoms with Crippen LogP contribution in [0.2, 0.25) is 0 Å². The molecule has 1 amide bonds. The maximum Gasteiger partial charge on any atom is 0.334 e. The minimum atomic E-state index is -1.74. The maximum atomic E-state index is 12.6. The predicted molar refractivity (Wildman–Crippen MR) is 110 cm³/mol. The van der Waals surface area contributed by atoms with Crippen LogP contribution in [0.5, 0.6) is 0 Å². The van der Waals surface area contributed by atoms with Crippen molar-refractivity contribution in [3.05, 3.63) is 71.8 Å². The smallest absolute Gasteiger partial charge is 0.334 e. The van der Waals surface area contributed by atoms with Gasteiger partial charge in [0.2, 0.25) is 5.91 Å². The van der Waals surface area contributed by atoms with Crippen molar-refractivity contribution < 1.29 is 29.7 Å². The topological polar surface area (TPSA) is 136 Å². The molecule has 0 aliphatic carbocycles. The first-order valence-corrected chi connectivity index (χ1v) is 9.62. The minimum absolute atomic E-state index is 0.213. The molecule has 8 nitrogen and oxygen atoms in total. The van der Waals surface area contributed by atoms with E-state index in [1.54, 1.807) is 0 Å². The van der Waals surface area contributed by atoms with Crippen LogP contribution in [0.25, 0.3) is 0 Å². The van der Waals surface area contributed by atoms with Gasteiger partial charge in [-0.2, -0.15) is 0 Å². The highest BCUT2D eigenvalue weighted by atomic mass is 16.4. The highest BCUT2D eigenvalue weighted by Crippen LogP contribution is 2.09. The molecule has 0 spiro atoms. The third-order valence-corrected chi connectivity index (χ3v) is 4.62. The van der Waals surface area contributed by atoms with Crippen LogP contribution in [-0.2, 0) is 27.2 Å². The summed E-state index contributed by atoms with van der Waals surface area (Å²) in [6.07, 6.45) is -0.734. The third kappa shape index (κ3) is 7.65. The number of carboxylic acids is 2. The molecular weight excluding hydrogens is 388 g/mol. The van der Waals surface area contributed by atoms with E-state index in [1.807, 2.05) is 60.7 Å². The molecule has 0 aliphatic rings. The number of hydrogen-bond acceptors (Lipinski definition) is 5. The van der Waals surface area contributed by atoms with E-state index in [-0.39, 0.29) is 12.8 Å². The van der Waals surface area contributed by atoms with Gasteiger partial charge in [-0.05, 0) is 30.4 Å². The van der Waals surface area contributed by atoms with Crippen LogP contribution in [-0.4, -0.2) is 57.9 Å². The molecule has 0 bridgehead atoms. The summed E-state index contributed by atoms with van der Waals surface area (Å²) in [5, 5.41) is 33.1. The fourth-order valence-electron chi connectivity index (χ4n) is 2.96. The van der Waals surface area contributed by atoms with Gasteiger partial charge in [0.15, 0.2) is 6.10 Å². The predicted octanol–water partition coefficient (Wildman–Crippen LogP) is 0.835. The van der Waals surface area contributed by atoms with Gasteiger partial charge in [0.1, 0.15) is 6.04 Å². The molecule has 5 N–H and O–H groups in total. The van der Waals surface area contributed by atoms with Gasteiger partial charge in [0.25, 0.3) is 0 Å². The van der Waals surface area contributed by atoms with E-state index in [0.29, 0.717) is 6.42 Å². The number of aryl methyl sites for hydroxylation is 1. The Kier molecular flexibility index (Phi) is 8.99. The highest BCUT2D eigenvalue weighted by molar-refractivity contribution is 5.84. The highest BCUT2D eigenvalue weighted by Gasteiger charge is 2.27. The van der Waals surface area contributed by atoms with Gasteiger partial charge in [0, 0.05) is 0 Å².